The minimum Gasteiger partial charge on any atom is -0.334 e. The average molecular weight is 429 g/mol. The van der Waals surface area contributed by atoms with Crippen molar-refractivity contribution in [3.63, 3.8) is 0 Å². The van der Waals surface area contributed by atoms with Crippen LogP contribution >= 0.6 is 11.6 Å². The van der Waals surface area contributed by atoms with Crippen LogP contribution in [0.15, 0.2) is 47.0 Å². The monoisotopic (exact) mass is 428 g/mol. The van der Waals surface area contributed by atoms with Crippen LogP contribution in [0.2, 0.25) is 5.02 Å². The van der Waals surface area contributed by atoms with E-state index in [9.17, 15) is 9.18 Å². The van der Waals surface area contributed by atoms with Crippen molar-refractivity contribution in [1.82, 2.24) is 15.0 Å². The highest BCUT2D eigenvalue weighted by Gasteiger charge is 2.26. The number of nitrogens with one attached hydrogen (secondary N) is 1. The number of piperidine rings is 1. The number of aryl methyl sites for hydroxylation is 1. The molecule has 1 amide bonds. The van der Waals surface area contributed by atoms with Gasteiger partial charge in [-0.25, -0.2) is 4.39 Å². The Bertz CT molecular complexity index is 1030. The molecule has 0 aliphatic carbocycles. The molecule has 0 saturated carbocycles. The van der Waals surface area contributed by atoms with Crippen molar-refractivity contribution in [2.45, 2.75) is 26.3 Å². The molecular formula is C22H22ClFN4O2. The Morgan fingerprint density at radius 3 is 2.67 bits per heavy atom. The first-order valence-electron chi connectivity index (χ1n) is 9.86. The summed E-state index contributed by atoms with van der Waals surface area (Å²) in [4.78, 5) is 19.2. The van der Waals surface area contributed by atoms with Gasteiger partial charge < -0.3 is 9.84 Å². The van der Waals surface area contributed by atoms with Crippen LogP contribution in [-0.4, -0.2) is 34.0 Å². The zero-order valence-electron chi connectivity index (χ0n) is 16.6. The average Bonchev–Trinajstić information content (AvgIpc) is 3.20. The third-order valence-electron chi connectivity index (χ3n) is 5.32. The smallest absolute Gasteiger partial charge is 0.257 e. The van der Waals surface area contributed by atoms with Crippen molar-refractivity contribution in [3.05, 3.63) is 64.7 Å². The lowest BCUT2D eigenvalue weighted by Crippen LogP contribution is -2.38. The van der Waals surface area contributed by atoms with E-state index in [0.717, 1.165) is 37.2 Å². The fourth-order valence-electron chi connectivity index (χ4n) is 3.50. The zero-order chi connectivity index (χ0) is 21.1. The van der Waals surface area contributed by atoms with E-state index in [2.05, 4.69) is 20.4 Å². The second-order valence-electron chi connectivity index (χ2n) is 7.53. The predicted octanol–water partition coefficient (Wildman–Crippen LogP) is 4.69. The molecule has 0 unspecified atom stereocenters. The largest absolute Gasteiger partial charge is 0.334 e. The van der Waals surface area contributed by atoms with Gasteiger partial charge in [0.1, 0.15) is 5.82 Å². The Labute approximate surface area is 179 Å². The van der Waals surface area contributed by atoms with Crippen LogP contribution < -0.4 is 5.32 Å². The van der Waals surface area contributed by atoms with E-state index >= 15 is 0 Å². The second kappa shape index (κ2) is 8.93. The summed E-state index contributed by atoms with van der Waals surface area (Å²) in [6, 6.07) is 11.5. The van der Waals surface area contributed by atoms with Crippen molar-refractivity contribution < 1.29 is 13.7 Å². The van der Waals surface area contributed by atoms with Crippen molar-refractivity contribution >= 4 is 23.2 Å². The molecule has 0 spiro atoms. The molecule has 0 bridgehead atoms. The lowest BCUT2D eigenvalue weighted by atomic mass is 9.95. The van der Waals surface area contributed by atoms with Gasteiger partial charge >= 0.3 is 0 Å². The maximum Gasteiger partial charge on any atom is 0.257 e. The molecule has 1 aliphatic heterocycles. The van der Waals surface area contributed by atoms with Gasteiger partial charge in [0.05, 0.1) is 6.54 Å². The Balaban J connectivity index is 1.29. The highest BCUT2D eigenvalue weighted by atomic mass is 35.5. The van der Waals surface area contributed by atoms with Gasteiger partial charge in [0, 0.05) is 22.2 Å². The number of carbonyl (C=O) groups is 1. The second-order valence-corrected chi connectivity index (χ2v) is 7.93. The van der Waals surface area contributed by atoms with E-state index in [0.29, 0.717) is 28.8 Å². The van der Waals surface area contributed by atoms with Crippen molar-refractivity contribution in [2.75, 3.05) is 18.4 Å². The first kappa shape index (κ1) is 20.5. The zero-order valence-corrected chi connectivity index (χ0v) is 17.3. The maximum atomic E-state index is 13.1. The summed E-state index contributed by atoms with van der Waals surface area (Å²) in [5.74, 6) is 0.618. The molecule has 8 heteroatoms. The number of likely N-dealkylation sites (tertiary alicyclic amines) is 1. The molecular weight excluding hydrogens is 407 g/mol. The fourth-order valence-corrected chi connectivity index (χ4v) is 3.68. The Kier molecular flexibility index (Phi) is 6.11. The minimum atomic E-state index is -0.309. The van der Waals surface area contributed by atoms with E-state index in [1.165, 1.54) is 12.1 Å². The SMILES string of the molecule is Cc1ccc(NC(=O)C2CCN(Cc3noc(-c4ccc(F)cc4)n3)CC2)cc1Cl. The third kappa shape index (κ3) is 4.86. The lowest BCUT2D eigenvalue weighted by Gasteiger charge is -2.30. The minimum absolute atomic E-state index is 0.0210. The van der Waals surface area contributed by atoms with Gasteiger partial charge in [-0.2, -0.15) is 4.98 Å². The van der Waals surface area contributed by atoms with Crippen molar-refractivity contribution in [3.8, 4) is 11.5 Å². The maximum absolute atomic E-state index is 13.1. The number of carbonyl (C=O) groups excluding carboxylic acids is 1. The molecule has 6 nitrogen and oxygen atoms in total. The normalized spacial score (nSPS) is 15.3. The number of hydrogen-bond donors (Lipinski definition) is 1. The quantitative estimate of drug-likeness (QED) is 0.638. The number of anilines is 1. The summed E-state index contributed by atoms with van der Waals surface area (Å²) in [7, 11) is 0. The topological polar surface area (TPSA) is 71.3 Å². The lowest BCUT2D eigenvalue weighted by molar-refractivity contribution is -0.121. The summed E-state index contributed by atoms with van der Waals surface area (Å²) in [5, 5.41) is 7.62. The Morgan fingerprint density at radius 2 is 1.97 bits per heavy atom. The molecule has 1 fully saturated rings. The number of hydrogen-bond acceptors (Lipinski definition) is 5. The van der Waals surface area contributed by atoms with Crippen molar-refractivity contribution in [1.29, 1.82) is 0 Å². The van der Waals surface area contributed by atoms with Crippen LogP contribution in [-0.2, 0) is 11.3 Å². The van der Waals surface area contributed by atoms with Crippen LogP contribution in [0.5, 0.6) is 0 Å². The van der Waals surface area contributed by atoms with E-state index in [1.54, 1.807) is 18.2 Å². The molecule has 2 aromatic carbocycles. The van der Waals surface area contributed by atoms with Crippen LogP contribution in [0.4, 0.5) is 10.1 Å². The molecule has 1 saturated heterocycles. The molecule has 156 valence electrons. The van der Waals surface area contributed by atoms with Gasteiger partial charge in [0.15, 0.2) is 5.82 Å². The fraction of sp³-hybridized carbons (Fsp3) is 0.318. The van der Waals surface area contributed by atoms with E-state index < -0.39 is 0 Å². The number of halogens is 2. The standard InChI is InChI=1S/C22H22ClFN4O2/c1-14-2-7-18(12-19(14)23)25-21(29)15-8-10-28(11-9-15)13-20-26-22(30-27-20)16-3-5-17(24)6-4-16/h2-7,12,15H,8-11,13H2,1H3,(H,25,29). The number of aromatic nitrogens is 2. The van der Waals surface area contributed by atoms with Gasteiger partial charge in [-0.05, 0) is 74.8 Å². The molecule has 1 N–H and O–H groups in total. The summed E-state index contributed by atoms with van der Waals surface area (Å²) in [5.41, 5.74) is 2.38. The number of benzene rings is 2. The van der Waals surface area contributed by atoms with Gasteiger partial charge in [-0.1, -0.05) is 22.8 Å². The summed E-state index contributed by atoms with van der Waals surface area (Å²) in [6.07, 6.45) is 1.52. The molecule has 3 aromatic rings. The number of amides is 1. The summed E-state index contributed by atoms with van der Waals surface area (Å²) >= 11 is 6.13. The molecule has 30 heavy (non-hydrogen) atoms. The molecule has 1 aromatic heterocycles. The molecule has 4 rings (SSSR count). The molecule has 0 atom stereocenters. The van der Waals surface area contributed by atoms with E-state index in [-0.39, 0.29) is 17.6 Å². The molecule has 2 heterocycles. The predicted molar refractivity (Wildman–Crippen MR) is 113 cm³/mol. The van der Waals surface area contributed by atoms with Gasteiger partial charge in [0.25, 0.3) is 5.89 Å². The highest BCUT2D eigenvalue weighted by molar-refractivity contribution is 6.31. The number of nitrogens with zero attached hydrogens (tertiary/aromatic N) is 3. The first-order valence-corrected chi connectivity index (χ1v) is 10.2. The molecule has 0 radical (unpaired) electrons. The Hall–Kier alpha value is -2.77. The first-order chi connectivity index (χ1) is 14.5. The van der Waals surface area contributed by atoms with Crippen LogP contribution in [0.1, 0.15) is 24.2 Å². The number of rotatable bonds is 5. The molecule has 1 aliphatic rings. The summed E-state index contributed by atoms with van der Waals surface area (Å²) in [6.45, 7) is 4.02. The van der Waals surface area contributed by atoms with E-state index in [4.69, 9.17) is 16.1 Å². The van der Waals surface area contributed by atoms with Crippen LogP contribution in [0.25, 0.3) is 11.5 Å². The highest BCUT2D eigenvalue weighted by Crippen LogP contribution is 2.24. The summed E-state index contributed by atoms with van der Waals surface area (Å²) < 4.78 is 18.3. The van der Waals surface area contributed by atoms with Crippen molar-refractivity contribution in [2.24, 2.45) is 5.92 Å². The van der Waals surface area contributed by atoms with E-state index in [1.807, 2.05) is 19.1 Å². The third-order valence-corrected chi connectivity index (χ3v) is 5.73. The van der Waals surface area contributed by atoms with Crippen LogP contribution in [0, 0.1) is 18.7 Å². The van der Waals surface area contributed by atoms with Gasteiger partial charge in [-0.3, -0.25) is 9.69 Å². The van der Waals surface area contributed by atoms with Crippen LogP contribution in [0.3, 0.4) is 0 Å². The van der Waals surface area contributed by atoms with Gasteiger partial charge in [-0.15, -0.1) is 0 Å². The van der Waals surface area contributed by atoms with Gasteiger partial charge in [0.2, 0.25) is 5.91 Å². The Morgan fingerprint density at radius 1 is 1.23 bits per heavy atom.